The van der Waals surface area contributed by atoms with Gasteiger partial charge in [-0.2, -0.15) is 0 Å². The molecule has 2 heteroatoms. The van der Waals surface area contributed by atoms with Crippen LogP contribution < -0.4 is 5.32 Å². The van der Waals surface area contributed by atoms with E-state index in [0.29, 0.717) is 0 Å². The first-order chi connectivity index (χ1) is 7.38. The first kappa shape index (κ1) is 9.10. The normalized spacial score (nSPS) is 24.7. The lowest BCUT2D eigenvalue weighted by atomic mass is 9.92. The van der Waals surface area contributed by atoms with Gasteiger partial charge in [-0.25, -0.2) is 0 Å². The summed E-state index contributed by atoms with van der Waals surface area (Å²) in [4.78, 5) is 10.9. The van der Waals surface area contributed by atoms with Gasteiger partial charge >= 0.3 is 0 Å². The molecule has 0 spiro atoms. The fraction of sp³-hybridized carbons (Fsp3) is 0.462. The summed E-state index contributed by atoms with van der Waals surface area (Å²) in [7, 11) is 0. The van der Waals surface area contributed by atoms with Gasteiger partial charge in [-0.05, 0) is 41.9 Å². The quantitative estimate of drug-likeness (QED) is 0.741. The lowest BCUT2D eigenvalue weighted by Gasteiger charge is -2.23. The van der Waals surface area contributed by atoms with Crippen molar-refractivity contribution in [3.05, 3.63) is 34.9 Å². The summed E-state index contributed by atoms with van der Waals surface area (Å²) in [6.45, 7) is 0.921. The topological polar surface area (TPSA) is 29.1 Å². The lowest BCUT2D eigenvalue weighted by Crippen LogP contribution is -2.30. The Labute approximate surface area is 89.7 Å². The van der Waals surface area contributed by atoms with Crippen LogP contribution in [0.5, 0.6) is 0 Å². The van der Waals surface area contributed by atoms with Crippen molar-refractivity contribution in [1.29, 1.82) is 0 Å². The molecule has 2 nitrogen and oxygen atoms in total. The minimum Gasteiger partial charge on any atom is -0.304 e. The molecule has 3 rings (SSSR count). The predicted octanol–water partition coefficient (Wildman–Crippen LogP) is 1.95. The van der Waals surface area contributed by atoms with Crippen molar-refractivity contribution in [3.8, 4) is 0 Å². The molecule has 0 radical (unpaired) electrons. The second-order valence-corrected chi connectivity index (χ2v) is 4.55. The van der Waals surface area contributed by atoms with Gasteiger partial charge in [0, 0.05) is 6.54 Å². The van der Waals surface area contributed by atoms with Crippen molar-refractivity contribution in [2.45, 2.75) is 31.2 Å². The van der Waals surface area contributed by atoms with Crippen LogP contribution in [0.25, 0.3) is 0 Å². The second-order valence-electron chi connectivity index (χ2n) is 4.55. The van der Waals surface area contributed by atoms with Gasteiger partial charge in [0.2, 0.25) is 0 Å². The van der Waals surface area contributed by atoms with Crippen molar-refractivity contribution in [2.24, 2.45) is 0 Å². The SMILES string of the molecule is O=CC1NCCc2cc(C3CC3)ccc21. The highest BCUT2D eigenvalue weighted by Crippen LogP contribution is 2.41. The summed E-state index contributed by atoms with van der Waals surface area (Å²) in [5, 5.41) is 3.22. The van der Waals surface area contributed by atoms with Gasteiger partial charge < -0.3 is 10.1 Å². The van der Waals surface area contributed by atoms with Crippen molar-refractivity contribution >= 4 is 6.29 Å². The first-order valence-corrected chi connectivity index (χ1v) is 5.70. The van der Waals surface area contributed by atoms with Gasteiger partial charge in [0.25, 0.3) is 0 Å². The molecule has 1 aromatic carbocycles. The average molecular weight is 201 g/mol. The van der Waals surface area contributed by atoms with E-state index >= 15 is 0 Å². The highest BCUT2D eigenvalue weighted by Gasteiger charge is 2.26. The summed E-state index contributed by atoms with van der Waals surface area (Å²) in [5.41, 5.74) is 4.02. The minimum absolute atomic E-state index is 0.0815. The number of fused-ring (bicyclic) bond motifs is 1. The summed E-state index contributed by atoms with van der Waals surface area (Å²) in [6.07, 6.45) is 4.75. The zero-order chi connectivity index (χ0) is 10.3. The number of benzene rings is 1. The Bertz CT molecular complexity index is 396. The average Bonchev–Trinajstić information content (AvgIpc) is 3.11. The van der Waals surface area contributed by atoms with Crippen molar-refractivity contribution in [2.75, 3.05) is 6.54 Å². The van der Waals surface area contributed by atoms with Gasteiger partial charge in [0.05, 0.1) is 6.04 Å². The van der Waals surface area contributed by atoms with E-state index in [2.05, 4.69) is 23.5 Å². The zero-order valence-electron chi connectivity index (χ0n) is 8.70. The molecule has 1 aliphatic carbocycles. The molecule has 78 valence electrons. The van der Waals surface area contributed by atoms with E-state index < -0.39 is 0 Å². The van der Waals surface area contributed by atoms with E-state index in [1.807, 2.05) is 0 Å². The third-order valence-corrected chi connectivity index (χ3v) is 3.45. The molecule has 15 heavy (non-hydrogen) atoms. The Balaban J connectivity index is 1.99. The molecule has 1 saturated carbocycles. The van der Waals surface area contributed by atoms with E-state index in [-0.39, 0.29) is 6.04 Å². The van der Waals surface area contributed by atoms with Crippen molar-refractivity contribution < 1.29 is 4.79 Å². The number of carbonyl (C=O) groups is 1. The van der Waals surface area contributed by atoms with Gasteiger partial charge in [0.15, 0.2) is 0 Å². The highest BCUT2D eigenvalue weighted by atomic mass is 16.1. The van der Waals surface area contributed by atoms with Crippen LogP contribution in [0.2, 0.25) is 0 Å². The Morgan fingerprint density at radius 3 is 2.93 bits per heavy atom. The van der Waals surface area contributed by atoms with Crippen LogP contribution in [0.3, 0.4) is 0 Å². The molecule has 1 fully saturated rings. The Kier molecular flexibility index (Phi) is 2.10. The maximum atomic E-state index is 10.9. The van der Waals surface area contributed by atoms with Crippen molar-refractivity contribution in [1.82, 2.24) is 5.32 Å². The van der Waals surface area contributed by atoms with Crippen LogP contribution in [-0.4, -0.2) is 12.8 Å². The molecule has 1 heterocycles. The fourth-order valence-corrected chi connectivity index (χ4v) is 2.41. The van der Waals surface area contributed by atoms with Crippen LogP contribution in [0, 0.1) is 0 Å². The molecule has 1 unspecified atom stereocenters. The van der Waals surface area contributed by atoms with E-state index in [4.69, 9.17) is 0 Å². The van der Waals surface area contributed by atoms with Crippen LogP contribution in [0.15, 0.2) is 18.2 Å². The molecule has 1 atom stereocenters. The third kappa shape index (κ3) is 1.59. The maximum absolute atomic E-state index is 10.9. The fourth-order valence-electron chi connectivity index (χ4n) is 2.41. The monoisotopic (exact) mass is 201 g/mol. The summed E-state index contributed by atoms with van der Waals surface area (Å²) in [5.74, 6) is 0.805. The van der Waals surface area contributed by atoms with E-state index in [1.165, 1.54) is 29.5 Å². The van der Waals surface area contributed by atoms with Gasteiger partial charge in [-0.3, -0.25) is 0 Å². The largest absolute Gasteiger partial charge is 0.304 e. The summed E-state index contributed by atoms with van der Waals surface area (Å²) < 4.78 is 0. The van der Waals surface area contributed by atoms with Gasteiger partial charge in [-0.1, -0.05) is 18.2 Å². The molecule has 0 amide bonds. The van der Waals surface area contributed by atoms with Crippen LogP contribution >= 0.6 is 0 Å². The predicted molar refractivity (Wildman–Crippen MR) is 58.9 cm³/mol. The van der Waals surface area contributed by atoms with E-state index in [9.17, 15) is 4.79 Å². The number of carbonyl (C=O) groups excluding carboxylic acids is 1. The van der Waals surface area contributed by atoms with Crippen molar-refractivity contribution in [3.63, 3.8) is 0 Å². The molecule has 0 bridgehead atoms. The number of nitrogens with one attached hydrogen (secondary N) is 1. The van der Waals surface area contributed by atoms with Gasteiger partial charge in [-0.15, -0.1) is 0 Å². The van der Waals surface area contributed by atoms with E-state index in [1.54, 1.807) is 0 Å². The van der Waals surface area contributed by atoms with E-state index in [0.717, 1.165) is 25.2 Å². The number of aldehydes is 1. The molecule has 2 aliphatic rings. The second kappa shape index (κ2) is 3.46. The Morgan fingerprint density at radius 2 is 2.20 bits per heavy atom. The third-order valence-electron chi connectivity index (χ3n) is 3.45. The molecule has 0 aromatic heterocycles. The molecule has 1 aromatic rings. The summed E-state index contributed by atoms with van der Waals surface area (Å²) >= 11 is 0. The highest BCUT2D eigenvalue weighted by molar-refractivity contribution is 5.63. The Hall–Kier alpha value is -1.15. The number of rotatable bonds is 2. The van der Waals surface area contributed by atoms with Crippen LogP contribution in [-0.2, 0) is 11.2 Å². The Morgan fingerprint density at radius 1 is 1.33 bits per heavy atom. The lowest BCUT2D eigenvalue weighted by molar-refractivity contribution is -0.109. The zero-order valence-corrected chi connectivity index (χ0v) is 8.70. The summed E-state index contributed by atoms with van der Waals surface area (Å²) in [6, 6.07) is 6.56. The first-order valence-electron chi connectivity index (χ1n) is 5.70. The molecular formula is C13H15NO. The number of hydrogen-bond donors (Lipinski definition) is 1. The molecule has 1 N–H and O–H groups in total. The van der Waals surface area contributed by atoms with Gasteiger partial charge in [0.1, 0.15) is 6.29 Å². The molecular weight excluding hydrogens is 186 g/mol. The standard InChI is InChI=1S/C13H15NO/c15-8-13-12-4-3-10(9-1-2-9)7-11(12)5-6-14-13/h3-4,7-9,13-14H,1-2,5-6H2. The smallest absolute Gasteiger partial charge is 0.141 e. The maximum Gasteiger partial charge on any atom is 0.141 e. The van der Waals surface area contributed by atoms with Crippen LogP contribution in [0.1, 0.15) is 41.5 Å². The van der Waals surface area contributed by atoms with Crippen LogP contribution in [0.4, 0.5) is 0 Å². The molecule has 0 saturated heterocycles. The molecule has 1 aliphatic heterocycles. The number of hydrogen-bond acceptors (Lipinski definition) is 2. The minimum atomic E-state index is -0.0815.